The molecule has 2 aromatic rings. The zero-order valence-electron chi connectivity index (χ0n) is 11.1. The quantitative estimate of drug-likeness (QED) is 0.896. The molecule has 4 heteroatoms. The molecule has 0 spiro atoms. The number of carboxylic acids is 1. The third kappa shape index (κ3) is 3.03. The second-order valence-electron chi connectivity index (χ2n) is 4.62. The lowest BCUT2D eigenvalue weighted by molar-refractivity contribution is 0.0692. The first-order chi connectivity index (χ1) is 9.09. The lowest BCUT2D eigenvalue weighted by Gasteiger charge is -2.14. The van der Waals surface area contributed by atoms with E-state index in [2.05, 4.69) is 0 Å². The molecule has 0 aliphatic carbocycles. The summed E-state index contributed by atoms with van der Waals surface area (Å²) in [6, 6.07) is 11.0. The van der Waals surface area contributed by atoms with Crippen molar-refractivity contribution in [2.24, 2.45) is 0 Å². The molecule has 0 atom stereocenters. The molecule has 0 aliphatic rings. The number of rotatable bonds is 5. The molecule has 4 nitrogen and oxygen atoms in total. The Labute approximate surface area is 112 Å². The number of carboxylic acid groups (broad SMARTS) is 1. The fraction of sp³-hybridized carbons (Fsp3) is 0.267. The van der Waals surface area contributed by atoms with Crippen molar-refractivity contribution in [1.82, 2.24) is 4.90 Å². The number of benzene rings is 2. The van der Waals surface area contributed by atoms with Gasteiger partial charge < -0.3 is 14.7 Å². The predicted molar refractivity (Wildman–Crippen MR) is 75.0 cm³/mol. The maximum atomic E-state index is 11.3. The van der Waals surface area contributed by atoms with Gasteiger partial charge in [0.15, 0.2) is 0 Å². The summed E-state index contributed by atoms with van der Waals surface area (Å²) in [7, 11) is 3.90. The van der Waals surface area contributed by atoms with Crippen molar-refractivity contribution >= 4 is 16.7 Å². The second kappa shape index (κ2) is 5.71. The summed E-state index contributed by atoms with van der Waals surface area (Å²) in [6.45, 7) is 1.20. The second-order valence-corrected chi connectivity index (χ2v) is 4.62. The van der Waals surface area contributed by atoms with Crippen LogP contribution in [-0.2, 0) is 0 Å². The van der Waals surface area contributed by atoms with E-state index in [0.717, 1.165) is 17.3 Å². The molecule has 0 saturated heterocycles. The standard InChI is InChI=1S/C15H17NO3/c1-16(2)9-10-19-14-12-6-4-3-5-11(12)7-8-13(14)15(17)18/h3-8H,9-10H2,1-2H3,(H,17,18). The van der Waals surface area contributed by atoms with Gasteiger partial charge in [0, 0.05) is 11.9 Å². The average molecular weight is 259 g/mol. The van der Waals surface area contributed by atoms with Gasteiger partial charge in [-0.2, -0.15) is 0 Å². The van der Waals surface area contributed by atoms with E-state index < -0.39 is 5.97 Å². The van der Waals surface area contributed by atoms with Gasteiger partial charge in [-0.1, -0.05) is 30.3 Å². The van der Waals surface area contributed by atoms with Crippen molar-refractivity contribution in [3.8, 4) is 5.75 Å². The first kappa shape index (κ1) is 13.4. The number of hydrogen-bond acceptors (Lipinski definition) is 3. The minimum Gasteiger partial charge on any atom is -0.491 e. The average Bonchev–Trinajstić information content (AvgIpc) is 2.38. The molecule has 2 aromatic carbocycles. The number of nitrogens with zero attached hydrogens (tertiary/aromatic N) is 1. The Morgan fingerprint density at radius 1 is 1.21 bits per heavy atom. The van der Waals surface area contributed by atoms with Gasteiger partial charge >= 0.3 is 5.97 Å². The van der Waals surface area contributed by atoms with Crippen molar-refractivity contribution < 1.29 is 14.6 Å². The van der Waals surface area contributed by atoms with Crippen LogP contribution in [-0.4, -0.2) is 43.2 Å². The van der Waals surface area contributed by atoms with Crippen molar-refractivity contribution in [2.45, 2.75) is 0 Å². The van der Waals surface area contributed by atoms with E-state index in [1.54, 1.807) is 12.1 Å². The van der Waals surface area contributed by atoms with Crippen molar-refractivity contribution in [1.29, 1.82) is 0 Å². The molecule has 0 aromatic heterocycles. The summed E-state index contributed by atoms with van der Waals surface area (Å²) in [4.78, 5) is 13.3. The fourth-order valence-corrected chi connectivity index (χ4v) is 1.90. The van der Waals surface area contributed by atoms with Crippen LogP contribution in [0.1, 0.15) is 10.4 Å². The summed E-state index contributed by atoms with van der Waals surface area (Å²) in [5.41, 5.74) is 0.206. The molecule has 0 unspecified atom stereocenters. The number of hydrogen-bond donors (Lipinski definition) is 1. The van der Waals surface area contributed by atoms with Crippen LogP contribution in [0, 0.1) is 0 Å². The smallest absolute Gasteiger partial charge is 0.339 e. The monoisotopic (exact) mass is 259 g/mol. The van der Waals surface area contributed by atoms with Gasteiger partial charge in [0.2, 0.25) is 0 Å². The molecule has 0 aliphatic heterocycles. The molecule has 0 bridgehead atoms. The summed E-state index contributed by atoms with van der Waals surface area (Å²) < 4.78 is 5.70. The highest BCUT2D eigenvalue weighted by molar-refractivity contribution is 6.00. The highest BCUT2D eigenvalue weighted by atomic mass is 16.5. The van der Waals surface area contributed by atoms with Gasteiger partial charge in [0.05, 0.1) is 0 Å². The molecule has 0 radical (unpaired) electrons. The van der Waals surface area contributed by atoms with E-state index in [4.69, 9.17) is 4.74 Å². The van der Waals surface area contributed by atoms with Crippen molar-refractivity contribution in [3.63, 3.8) is 0 Å². The topological polar surface area (TPSA) is 49.8 Å². The van der Waals surface area contributed by atoms with Crippen LogP contribution in [0.5, 0.6) is 5.75 Å². The van der Waals surface area contributed by atoms with Crippen LogP contribution in [0.4, 0.5) is 0 Å². The van der Waals surface area contributed by atoms with Crippen LogP contribution in [0.2, 0.25) is 0 Å². The van der Waals surface area contributed by atoms with Crippen molar-refractivity contribution in [2.75, 3.05) is 27.2 Å². The molecule has 19 heavy (non-hydrogen) atoms. The van der Waals surface area contributed by atoms with Crippen molar-refractivity contribution in [3.05, 3.63) is 42.0 Å². The van der Waals surface area contributed by atoms with E-state index in [0.29, 0.717) is 12.4 Å². The highest BCUT2D eigenvalue weighted by Crippen LogP contribution is 2.29. The predicted octanol–water partition coefficient (Wildman–Crippen LogP) is 2.48. The van der Waals surface area contributed by atoms with E-state index in [-0.39, 0.29) is 5.56 Å². The largest absolute Gasteiger partial charge is 0.491 e. The van der Waals surface area contributed by atoms with Crippen LogP contribution in [0.15, 0.2) is 36.4 Å². The van der Waals surface area contributed by atoms with Crippen LogP contribution < -0.4 is 4.74 Å². The van der Waals surface area contributed by atoms with Gasteiger partial charge in [-0.25, -0.2) is 4.79 Å². The van der Waals surface area contributed by atoms with Crippen LogP contribution in [0.3, 0.4) is 0 Å². The van der Waals surface area contributed by atoms with Crippen LogP contribution >= 0.6 is 0 Å². The minimum absolute atomic E-state index is 0.206. The summed E-state index contributed by atoms with van der Waals surface area (Å²) in [6.07, 6.45) is 0. The first-order valence-corrected chi connectivity index (χ1v) is 6.12. The Bertz CT molecular complexity index is 593. The maximum Gasteiger partial charge on any atom is 0.339 e. The Morgan fingerprint density at radius 3 is 2.63 bits per heavy atom. The molecule has 0 heterocycles. The molecule has 0 saturated carbocycles. The van der Waals surface area contributed by atoms with Gasteiger partial charge in [-0.3, -0.25) is 0 Å². The molecule has 1 N–H and O–H groups in total. The molecule has 0 fully saturated rings. The third-order valence-electron chi connectivity index (χ3n) is 2.89. The van der Waals surface area contributed by atoms with E-state index in [9.17, 15) is 9.90 Å². The minimum atomic E-state index is -0.967. The fourth-order valence-electron chi connectivity index (χ4n) is 1.90. The number of ether oxygens (including phenoxy) is 1. The lowest BCUT2D eigenvalue weighted by atomic mass is 10.1. The van der Waals surface area contributed by atoms with E-state index >= 15 is 0 Å². The van der Waals surface area contributed by atoms with E-state index in [1.165, 1.54) is 0 Å². The number of fused-ring (bicyclic) bond motifs is 1. The molecule has 0 amide bonds. The SMILES string of the molecule is CN(C)CCOc1c(C(=O)O)ccc2ccccc12. The Hall–Kier alpha value is -2.07. The van der Waals surface area contributed by atoms with Gasteiger partial charge in [-0.05, 0) is 25.5 Å². The molecule has 2 rings (SSSR count). The zero-order valence-corrected chi connectivity index (χ0v) is 11.1. The third-order valence-corrected chi connectivity index (χ3v) is 2.89. The molecule has 100 valence electrons. The maximum absolute atomic E-state index is 11.3. The Balaban J connectivity index is 2.41. The summed E-state index contributed by atoms with van der Waals surface area (Å²) in [5, 5.41) is 11.1. The Morgan fingerprint density at radius 2 is 1.95 bits per heavy atom. The Kier molecular flexibility index (Phi) is 4.02. The van der Waals surface area contributed by atoms with E-state index in [1.807, 2.05) is 43.3 Å². The zero-order chi connectivity index (χ0) is 13.8. The number of aromatic carboxylic acids is 1. The van der Waals surface area contributed by atoms with Gasteiger partial charge in [0.1, 0.15) is 17.9 Å². The van der Waals surface area contributed by atoms with Gasteiger partial charge in [-0.15, -0.1) is 0 Å². The summed E-state index contributed by atoms with van der Waals surface area (Å²) in [5.74, 6) is -0.516. The van der Waals surface area contributed by atoms with Crippen LogP contribution in [0.25, 0.3) is 10.8 Å². The van der Waals surface area contributed by atoms with Gasteiger partial charge in [0.25, 0.3) is 0 Å². The lowest BCUT2D eigenvalue weighted by Crippen LogP contribution is -2.20. The molecular formula is C15H17NO3. The summed E-state index contributed by atoms with van der Waals surface area (Å²) >= 11 is 0. The highest BCUT2D eigenvalue weighted by Gasteiger charge is 2.14. The first-order valence-electron chi connectivity index (χ1n) is 6.12. The normalized spacial score (nSPS) is 10.9. The number of carbonyl (C=O) groups is 1. The molecular weight excluding hydrogens is 242 g/mol. The number of likely N-dealkylation sites (N-methyl/N-ethyl adjacent to an activating group) is 1.